The molecule has 2 aromatic rings. The molecule has 0 aliphatic carbocycles. The van der Waals surface area contributed by atoms with E-state index in [0.717, 1.165) is 12.1 Å². The molecular formula is C22H20F3NO3. The molecule has 152 valence electrons. The first-order valence-corrected chi connectivity index (χ1v) is 9.14. The van der Waals surface area contributed by atoms with Gasteiger partial charge >= 0.3 is 6.18 Å². The van der Waals surface area contributed by atoms with Crippen LogP contribution in [0.3, 0.4) is 0 Å². The van der Waals surface area contributed by atoms with Gasteiger partial charge in [-0.1, -0.05) is 30.3 Å². The summed E-state index contributed by atoms with van der Waals surface area (Å²) in [5.74, 6) is -0.436. The van der Waals surface area contributed by atoms with Gasteiger partial charge in [0, 0.05) is 23.7 Å². The van der Waals surface area contributed by atoms with Crippen LogP contribution in [0.5, 0.6) is 5.75 Å². The van der Waals surface area contributed by atoms with Gasteiger partial charge in [-0.3, -0.25) is 9.59 Å². The Bertz CT molecular complexity index is 923. The number of nitrogens with zero attached hydrogens (tertiary/aromatic N) is 1. The van der Waals surface area contributed by atoms with Crippen LogP contribution in [0.15, 0.2) is 60.7 Å². The van der Waals surface area contributed by atoms with Gasteiger partial charge in [-0.05, 0) is 37.1 Å². The van der Waals surface area contributed by atoms with Crippen LogP contribution < -0.4 is 4.74 Å². The van der Waals surface area contributed by atoms with Crippen molar-refractivity contribution in [2.75, 3.05) is 13.7 Å². The highest BCUT2D eigenvalue weighted by Crippen LogP contribution is 2.40. The van der Waals surface area contributed by atoms with Crippen molar-refractivity contribution in [3.05, 3.63) is 77.4 Å². The van der Waals surface area contributed by atoms with E-state index in [1.165, 1.54) is 30.2 Å². The number of methoxy groups -OCH3 is 1. The molecule has 1 saturated heterocycles. The number of likely N-dealkylation sites (tertiary alicyclic amines) is 1. The van der Waals surface area contributed by atoms with Gasteiger partial charge in [-0.25, -0.2) is 0 Å². The molecule has 0 bridgehead atoms. The molecule has 0 aromatic heterocycles. The lowest BCUT2D eigenvalue weighted by molar-refractivity contribution is -0.137. The standard InChI is InChI=1S/C22H20F3NO3/c1-29-20-11-9-16(22(23,24)25)14-17(20)18-8-5-13-26(18)21(28)12-10-19(27)15-6-3-2-4-7-15/h2-4,6-7,9-12,14,18H,5,8,13H2,1H3/b12-10+. The van der Waals surface area contributed by atoms with E-state index in [9.17, 15) is 22.8 Å². The molecule has 4 nitrogen and oxygen atoms in total. The van der Waals surface area contributed by atoms with Gasteiger partial charge in [-0.2, -0.15) is 13.2 Å². The number of hydrogen-bond donors (Lipinski definition) is 0. The molecule has 7 heteroatoms. The van der Waals surface area contributed by atoms with Crippen LogP contribution in [-0.2, 0) is 11.0 Å². The molecular weight excluding hydrogens is 383 g/mol. The number of hydrogen-bond acceptors (Lipinski definition) is 3. The van der Waals surface area contributed by atoms with Crippen LogP contribution in [0.2, 0.25) is 0 Å². The quantitative estimate of drug-likeness (QED) is 0.531. The van der Waals surface area contributed by atoms with E-state index < -0.39 is 23.7 Å². The minimum absolute atomic E-state index is 0.298. The normalized spacial score (nSPS) is 17.0. The second-order valence-corrected chi connectivity index (χ2v) is 6.71. The predicted octanol–water partition coefficient (Wildman–Crippen LogP) is 4.82. The van der Waals surface area contributed by atoms with Gasteiger partial charge in [0.1, 0.15) is 5.75 Å². The molecule has 1 aliphatic heterocycles. The highest BCUT2D eigenvalue weighted by molar-refractivity contribution is 6.07. The fraction of sp³-hybridized carbons (Fsp3) is 0.273. The summed E-state index contributed by atoms with van der Waals surface area (Å²) in [4.78, 5) is 26.3. The lowest BCUT2D eigenvalue weighted by atomic mass is 10.00. The fourth-order valence-electron chi connectivity index (χ4n) is 3.47. The first kappa shape index (κ1) is 20.6. The minimum Gasteiger partial charge on any atom is -0.496 e. The number of halogens is 3. The van der Waals surface area contributed by atoms with Crippen LogP contribution in [0.25, 0.3) is 0 Å². The highest BCUT2D eigenvalue weighted by atomic mass is 19.4. The van der Waals surface area contributed by atoms with Gasteiger partial charge in [0.05, 0.1) is 18.7 Å². The number of alkyl halides is 3. The summed E-state index contributed by atoms with van der Waals surface area (Å²) in [6.45, 7) is 0.396. The van der Waals surface area contributed by atoms with Crippen LogP contribution in [0.1, 0.15) is 40.4 Å². The summed E-state index contributed by atoms with van der Waals surface area (Å²) in [5.41, 5.74) is -0.0209. The molecule has 0 radical (unpaired) electrons. The lowest BCUT2D eigenvalue weighted by Gasteiger charge is -2.26. The number of carbonyl (C=O) groups excluding carboxylic acids is 2. The van der Waals surface area contributed by atoms with Crippen molar-refractivity contribution in [2.45, 2.75) is 25.1 Å². The van der Waals surface area contributed by atoms with Crippen LogP contribution in [0, 0.1) is 0 Å². The maximum Gasteiger partial charge on any atom is 0.416 e. The number of ketones is 1. The summed E-state index contributed by atoms with van der Waals surface area (Å²) in [6, 6.07) is 11.2. The van der Waals surface area contributed by atoms with E-state index in [0.29, 0.717) is 36.3 Å². The molecule has 1 aliphatic rings. The largest absolute Gasteiger partial charge is 0.496 e. The Labute approximate surface area is 166 Å². The zero-order valence-electron chi connectivity index (χ0n) is 15.8. The summed E-state index contributed by atoms with van der Waals surface area (Å²) >= 11 is 0. The van der Waals surface area contributed by atoms with Gasteiger partial charge < -0.3 is 9.64 Å². The predicted molar refractivity (Wildman–Crippen MR) is 102 cm³/mol. The summed E-state index contributed by atoms with van der Waals surface area (Å²) in [5, 5.41) is 0. The second-order valence-electron chi connectivity index (χ2n) is 6.71. The minimum atomic E-state index is -4.49. The maximum absolute atomic E-state index is 13.1. The molecule has 2 aromatic carbocycles. The highest BCUT2D eigenvalue weighted by Gasteiger charge is 2.35. The maximum atomic E-state index is 13.1. The number of allylic oxidation sites excluding steroid dienone is 1. The summed E-state index contributed by atoms with van der Waals surface area (Å²) in [6.07, 6.45) is -0.958. The second kappa shape index (κ2) is 8.51. The summed E-state index contributed by atoms with van der Waals surface area (Å²) < 4.78 is 44.7. The molecule has 1 heterocycles. The van der Waals surface area contributed by atoms with Gasteiger partial charge in [0.25, 0.3) is 0 Å². The fourth-order valence-corrected chi connectivity index (χ4v) is 3.47. The molecule has 1 amide bonds. The molecule has 0 spiro atoms. The Morgan fingerprint density at radius 3 is 2.48 bits per heavy atom. The van der Waals surface area contributed by atoms with Crippen molar-refractivity contribution < 1.29 is 27.5 Å². The molecule has 0 saturated carbocycles. The third kappa shape index (κ3) is 4.67. The molecule has 29 heavy (non-hydrogen) atoms. The van der Waals surface area contributed by atoms with Gasteiger partial charge in [-0.15, -0.1) is 0 Å². The third-order valence-electron chi connectivity index (χ3n) is 4.89. The van der Waals surface area contributed by atoms with Gasteiger partial charge in [0.2, 0.25) is 5.91 Å². The first-order chi connectivity index (χ1) is 13.8. The summed E-state index contributed by atoms with van der Waals surface area (Å²) in [7, 11) is 1.38. The number of ether oxygens (including phenoxy) is 1. The Balaban J connectivity index is 1.83. The Hall–Kier alpha value is -3.09. The van der Waals surface area contributed by atoms with Crippen LogP contribution in [-0.4, -0.2) is 30.2 Å². The number of carbonyl (C=O) groups is 2. The SMILES string of the molecule is COc1ccc(C(F)(F)F)cc1C1CCCN1C(=O)/C=C/C(=O)c1ccccc1. The number of amides is 1. The van der Waals surface area contributed by atoms with E-state index in [1.54, 1.807) is 30.3 Å². The van der Waals surface area contributed by atoms with E-state index in [2.05, 4.69) is 0 Å². The van der Waals surface area contributed by atoms with Crippen molar-refractivity contribution in [3.63, 3.8) is 0 Å². The van der Waals surface area contributed by atoms with E-state index in [4.69, 9.17) is 4.74 Å². The molecule has 1 unspecified atom stereocenters. The number of benzene rings is 2. The van der Waals surface area contributed by atoms with Crippen LogP contribution in [0.4, 0.5) is 13.2 Å². The Kier molecular flexibility index (Phi) is 6.06. The first-order valence-electron chi connectivity index (χ1n) is 9.14. The molecule has 3 rings (SSSR count). The lowest BCUT2D eigenvalue weighted by Crippen LogP contribution is -2.29. The smallest absolute Gasteiger partial charge is 0.416 e. The van der Waals surface area contributed by atoms with Crippen molar-refractivity contribution in [1.29, 1.82) is 0 Å². The third-order valence-corrected chi connectivity index (χ3v) is 4.89. The average molecular weight is 403 g/mol. The monoisotopic (exact) mass is 403 g/mol. The van der Waals surface area contributed by atoms with E-state index in [-0.39, 0.29) is 5.78 Å². The molecule has 1 atom stereocenters. The van der Waals surface area contributed by atoms with E-state index in [1.807, 2.05) is 0 Å². The Morgan fingerprint density at radius 2 is 1.83 bits per heavy atom. The van der Waals surface area contributed by atoms with Crippen LogP contribution >= 0.6 is 0 Å². The van der Waals surface area contributed by atoms with Crippen molar-refractivity contribution in [2.24, 2.45) is 0 Å². The van der Waals surface area contributed by atoms with Crippen molar-refractivity contribution >= 4 is 11.7 Å². The van der Waals surface area contributed by atoms with Crippen molar-refractivity contribution in [3.8, 4) is 5.75 Å². The van der Waals surface area contributed by atoms with Crippen molar-refractivity contribution in [1.82, 2.24) is 4.90 Å². The zero-order valence-corrected chi connectivity index (χ0v) is 15.8. The Morgan fingerprint density at radius 1 is 1.10 bits per heavy atom. The molecule has 1 fully saturated rings. The zero-order chi connectivity index (χ0) is 21.0. The van der Waals surface area contributed by atoms with E-state index >= 15 is 0 Å². The topological polar surface area (TPSA) is 46.6 Å². The molecule has 0 N–H and O–H groups in total. The van der Waals surface area contributed by atoms with Gasteiger partial charge in [0.15, 0.2) is 5.78 Å². The average Bonchev–Trinajstić information content (AvgIpc) is 3.21. The number of rotatable bonds is 5.